The molecule has 0 spiro atoms. The molecule has 0 aromatic carbocycles. The molecule has 0 aliphatic heterocycles. The second-order valence-corrected chi connectivity index (χ2v) is 5.90. The summed E-state index contributed by atoms with van der Waals surface area (Å²) in [4.78, 5) is 22.7. The molecule has 0 atom stereocenters. The van der Waals surface area contributed by atoms with E-state index < -0.39 is 0 Å². The Balaban J connectivity index is 2.21. The Morgan fingerprint density at radius 2 is 2.10 bits per heavy atom. The summed E-state index contributed by atoms with van der Waals surface area (Å²) in [7, 11) is 5.23. The Morgan fingerprint density at radius 3 is 2.65 bits per heavy atom. The van der Waals surface area contributed by atoms with E-state index in [1.807, 2.05) is 6.20 Å². The Morgan fingerprint density at radius 1 is 1.40 bits per heavy atom. The lowest BCUT2D eigenvalue weighted by molar-refractivity contribution is -0.128. The van der Waals surface area contributed by atoms with Gasteiger partial charge in [-0.05, 0) is 6.92 Å². The average Bonchev–Trinajstić information content (AvgIpc) is 2.82. The van der Waals surface area contributed by atoms with Gasteiger partial charge in [-0.15, -0.1) is 11.3 Å². The van der Waals surface area contributed by atoms with Crippen LogP contribution in [-0.2, 0) is 11.2 Å². The van der Waals surface area contributed by atoms with Gasteiger partial charge in [0, 0.05) is 58.1 Å². The zero-order valence-electron chi connectivity index (χ0n) is 12.6. The molecule has 0 bridgehead atoms. The molecule has 1 rings (SSSR count). The molecule has 0 unspecified atom stereocenters. The maximum Gasteiger partial charge on any atom is 0.223 e. The van der Waals surface area contributed by atoms with Crippen molar-refractivity contribution in [1.29, 1.82) is 0 Å². The van der Waals surface area contributed by atoms with Crippen molar-refractivity contribution >= 4 is 23.2 Å². The summed E-state index contributed by atoms with van der Waals surface area (Å²) < 4.78 is 0. The predicted octanol–water partition coefficient (Wildman–Crippen LogP) is 0.637. The van der Waals surface area contributed by atoms with Crippen molar-refractivity contribution in [3.63, 3.8) is 0 Å². The average molecular weight is 297 g/mol. The molecule has 2 N–H and O–H groups in total. The quantitative estimate of drug-likeness (QED) is 0.597. The molecule has 20 heavy (non-hydrogen) atoms. The molecule has 0 fully saturated rings. The van der Waals surface area contributed by atoms with Crippen LogP contribution in [0.15, 0.2) is 11.2 Å². The van der Waals surface area contributed by atoms with Crippen LogP contribution in [0.2, 0.25) is 0 Å². The smallest absolute Gasteiger partial charge is 0.223 e. The molecule has 0 aliphatic carbocycles. The summed E-state index contributed by atoms with van der Waals surface area (Å²) in [5.74, 6) is 0.816. The summed E-state index contributed by atoms with van der Waals surface area (Å²) in [5, 5.41) is 7.45. The fourth-order valence-corrected chi connectivity index (χ4v) is 2.32. The number of thiazole rings is 1. The number of carbonyl (C=O) groups is 1. The van der Waals surface area contributed by atoms with E-state index in [0.717, 1.165) is 18.0 Å². The predicted molar refractivity (Wildman–Crippen MR) is 83.2 cm³/mol. The Kier molecular flexibility index (Phi) is 7.00. The third-order valence-corrected chi connectivity index (χ3v) is 3.63. The zero-order valence-corrected chi connectivity index (χ0v) is 13.4. The van der Waals surface area contributed by atoms with Gasteiger partial charge in [-0.1, -0.05) is 0 Å². The van der Waals surface area contributed by atoms with Crippen LogP contribution in [0.25, 0.3) is 0 Å². The van der Waals surface area contributed by atoms with Gasteiger partial charge in [-0.2, -0.15) is 0 Å². The first-order chi connectivity index (χ1) is 9.52. The van der Waals surface area contributed by atoms with E-state index in [-0.39, 0.29) is 5.91 Å². The fraction of sp³-hybridized carbons (Fsp3) is 0.615. The third-order valence-electron chi connectivity index (χ3n) is 2.65. The van der Waals surface area contributed by atoms with Crippen LogP contribution in [0.5, 0.6) is 0 Å². The van der Waals surface area contributed by atoms with E-state index in [2.05, 4.69) is 27.5 Å². The highest BCUT2D eigenvalue weighted by molar-refractivity contribution is 7.11. The van der Waals surface area contributed by atoms with Crippen LogP contribution in [-0.4, -0.2) is 56.0 Å². The first-order valence-corrected chi connectivity index (χ1v) is 7.40. The summed E-state index contributed by atoms with van der Waals surface area (Å²) in [6, 6.07) is 0. The molecule has 0 saturated carbocycles. The van der Waals surface area contributed by atoms with Gasteiger partial charge >= 0.3 is 0 Å². The number of hydrogen-bond donors (Lipinski definition) is 2. The van der Waals surface area contributed by atoms with Crippen LogP contribution < -0.4 is 10.6 Å². The van der Waals surface area contributed by atoms with Crippen molar-refractivity contribution in [3.05, 3.63) is 16.1 Å². The molecule has 0 aliphatic rings. The van der Waals surface area contributed by atoms with E-state index >= 15 is 0 Å². The van der Waals surface area contributed by atoms with E-state index in [9.17, 15) is 4.79 Å². The summed E-state index contributed by atoms with van der Waals surface area (Å²) in [6.45, 7) is 3.40. The minimum Gasteiger partial charge on any atom is -0.356 e. The fourth-order valence-electron chi connectivity index (χ4n) is 1.54. The van der Waals surface area contributed by atoms with Crippen molar-refractivity contribution < 1.29 is 4.79 Å². The number of nitrogens with zero attached hydrogens (tertiary/aromatic N) is 3. The minimum absolute atomic E-state index is 0.103. The van der Waals surface area contributed by atoms with Crippen LogP contribution in [0, 0.1) is 6.92 Å². The van der Waals surface area contributed by atoms with Crippen molar-refractivity contribution in [1.82, 2.24) is 20.5 Å². The number of aryl methyl sites for hydroxylation is 1. The van der Waals surface area contributed by atoms with Gasteiger partial charge in [0.05, 0.1) is 5.01 Å². The number of rotatable bonds is 6. The number of carbonyl (C=O) groups excluding carboxylic acids is 1. The van der Waals surface area contributed by atoms with Crippen LogP contribution in [0.4, 0.5) is 0 Å². The molecular formula is C13H23N5OS. The second-order valence-electron chi connectivity index (χ2n) is 4.58. The highest BCUT2D eigenvalue weighted by atomic mass is 32.1. The Bertz CT molecular complexity index is 455. The summed E-state index contributed by atoms with van der Waals surface area (Å²) in [5.41, 5.74) is 0. The molecule has 0 radical (unpaired) electrons. The van der Waals surface area contributed by atoms with E-state index in [0.29, 0.717) is 18.9 Å². The molecule has 0 saturated heterocycles. The summed E-state index contributed by atoms with van der Waals surface area (Å²) >= 11 is 1.71. The number of aliphatic imine (C=N–C) groups is 1. The lowest BCUT2D eigenvalue weighted by Crippen LogP contribution is -2.40. The van der Waals surface area contributed by atoms with Gasteiger partial charge in [-0.25, -0.2) is 4.98 Å². The van der Waals surface area contributed by atoms with Gasteiger partial charge in [0.1, 0.15) is 0 Å². The first kappa shape index (κ1) is 16.4. The summed E-state index contributed by atoms with van der Waals surface area (Å²) in [6.07, 6.45) is 3.22. The normalized spacial score (nSPS) is 11.3. The van der Waals surface area contributed by atoms with Gasteiger partial charge < -0.3 is 15.5 Å². The maximum absolute atomic E-state index is 11.4. The number of guanidine groups is 1. The monoisotopic (exact) mass is 297 g/mol. The lowest BCUT2D eigenvalue weighted by Gasteiger charge is -2.13. The van der Waals surface area contributed by atoms with Crippen molar-refractivity contribution in [2.75, 3.05) is 34.2 Å². The van der Waals surface area contributed by atoms with Crippen LogP contribution in [0.3, 0.4) is 0 Å². The largest absolute Gasteiger partial charge is 0.356 e. The second kappa shape index (κ2) is 8.52. The van der Waals surface area contributed by atoms with Crippen molar-refractivity contribution in [2.24, 2.45) is 4.99 Å². The Hall–Kier alpha value is -1.63. The topological polar surface area (TPSA) is 69.6 Å². The zero-order chi connectivity index (χ0) is 15.0. The van der Waals surface area contributed by atoms with E-state index in [1.54, 1.807) is 37.4 Å². The standard InChI is InChI=1S/C13H23N5OS/c1-10-9-17-11(20-10)5-7-15-13(14-2)16-8-6-12(19)18(3)4/h9H,5-8H2,1-4H3,(H2,14,15,16). The molecular weight excluding hydrogens is 274 g/mol. The maximum atomic E-state index is 11.4. The van der Waals surface area contributed by atoms with Gasteiger partial charge in [0.15, 0.2) is 5.96 Å². The Labute approximate surface area is 124 Å². The molecule has 1 heterocycles. The highest BCUT2D eigenvalue weighted by Crippen LogP contribution is 2.10. The van der Waals surface area contributed by atoms with Gasteiger partial charge in [0.25, 0.3) is 0 Å². The number of amides is 1. The molecule has 1 aromatic heterocycles. The van der Waals surface area contributed by atoms with Crippen LogP contribution in [0.1, 0.15) is 16.3 Å². The number of aromatic nitrogens is 1. The van der Waals surface area contributed by atoms with Crippen molar-refractivity contribution in [3.8, 4) is 0 Å². The molecule has 1 amide bonds. The van der Waals surface area contributed by atoms with E-state index in [4.69, 9.17) is 0 Å². The first-order valence-electron chi connectivity index (χ1n) is 6.59. The minimum atomic E-state index is 0.103. The SMILES string of the molecule is CN=C(NCCC(=O)N(C)C)NCCc1ncc(C)s1. The lowest BCUT2D eigenvalue weighted by atomic mass is 10.4. The molecule has 112 valence electrons. The highest BCUT2D eigenvalue weighted by Gasteiger charge is 2.04. The molecule has 7 heteroatoms. The van der Waals surface area contributed by atoms with Gasteiger partial charge in [-0.3, -0.25) is 9.79 Å². The third kappa shape index (κ3) is 6.01. The number of hydrogen-bond acceptors (Lipinski definition) is 4. The van der Waals surface area contributed by atoms with Gasteiger partial charge in [0.2, 0.25) is 5.91 Å². The molecule has 1 aromatic rings. The number of nitrogens with one attached hydrogen (secondary N) is 2. The van der Waals surface area contributed by atoms with Crippen molar-refractivity contribution in [2.45, 2.75) is 19.8 Å². The van der Waals surface area contributed by atoms with E-state index in [1.165, 1.54) is 4.88 Å². The van der Waals surface area contributed by atoms with Crippen LogP contribution >= 0.6 is 11.3 Å². The molecule has 6 nitrogen and oxygen atoms in total.